The van der Waals surface area contributed by atoms with E-state index in [0.29, 0.717) is 11.3 Å². The van der Waals surface area contributed by atoms with Crippen LogP contribution in [0.3, 0.4) is 0 Å². The molecule has 0 aromatic carbocycles. The van der Waals surface area contributed by atoms with E-state index in [1.165, 1.54) is 11.4 Å². The lowest BCUT2D eigenvalue weighted by molar-refractivity contribution is 0.597. The standard InChI is InChI=1S/C11H17N3S2/c1-8-7-9(2)16-11(14-8)13-4-3-10-12-5-6-15-10/h5-6,8-9H,3-4,7H2,1-2H3,(H,13,14). The van der Waals surface area contributed by atoms with Gasteiger partial charge in [0.15, 0.2) is 5.17 Å². The van der Waals surface area contributed by atoms with Gasteiger partial charge in [-0.1, -0.05) is 18.7 Å². The van der Waals surface area contributed by atoms with Crippen molar-refractivity contribution in [1.82, 2.24) is 10.3 Å². The van der Waals surface area contributed by atoms with Gasteiger partial charge in [0, 0.05) is 35.8 Å². The first kappa shape index (κ1) is 11.9. The van der Waals surface area contributed by atoms with Crippen molar-refractivity contribution in [3.63, 3.8) is 0 Å². The molecule has 2 atom stereocenters. The fraction of sp³-hybridized carbons (Fsp3) is 0.636. The summed E-state index contributed by atoms with van der Waals surface area (Å²) < 4.78 is 0. The summed E-state index contributed by atoms with van der Waals surface area (Å²) in [5.41, 5.74) is 0. The molecule has 0 saturated carbocycles. The van der Waals surface area contributed by atoms with Crippen LogP contribution in [-0.4, -0.2) is 28.0 Å². The second-order valence-corrected chi connectivity index (χ2v) is 6.48. The Balaban J connectivity index is 1.82. The predicted molar refractivity (Wildman–Crippen MR) is 72.4 cm³/mol. The summed E-state index contributed by atoms with van der Waals surface area (Å²) in [5.74, 6) is 0. The normalized spacial score (nSPS) is 28.0. The van der Waals surface area contributed by atoms with Crippen LogP contribution in [-0.2, 0) is 6.42 Å². The average molecular weight is 255 g/mol. The van der Waals surface area contributed by atoms with Crippen LogP contribution in [0.25, 0.3) is 0 Å². The molecule has 88 valence electrons. The van der Waals surface area contributed by atoms with Gasteiger partial charge < -0.3 is 5.32 Å². The number of aliphatic imine (C=N–C) groups is 1. The summed E-state index contributed by atoms with van der Waals surface area (Å²) in [6.45, 7) is 5.31. The number of rotatable bonds is 3. The molecule has 0 radical (unpaired) electrons. The summed E-state index contributed by atoms with van der Waals surface area (Å²) in [6.07, 6.45) is 4.02. The van der Waals surface area contributed by atoms with Gasteiger partial charge >= 0.3 is 0 Å². The van der Waals surface area contributed by atoms with E-state index in [0.717, 1.165) is 18.1 Å². The Hall–Kier alpha value is -0.550. The topological polar surface area (TPSA) is 37.3 Å². The zero-order valence-electron chi connectivity index (χ0n) is 9.64. The largest absolute Gasteiger partial charge is 0.362 e. The Kier molecular flexibility index (Phi) is 4.23. The molecule has 16 heavy (non-hydrogen) atoms. The number of hydrogen-bond acceptors (Lipinski definition) is 4. The van der Waals surface area contributed by atoms with Crippen LogP contribution in [0.5, 0.6) is 0 Å². The van der Waals surface area contributed by atoms with E-state index in [9.17, 15) is 0 Å². The molecule has 1 aliphatic rings. The zero-order valence-corrected chi connectivity index (χ0v) is 11.3. The van der Waals surface area contributed by atoms with Crippen LogP contribution < -0.4 is 5.32 Å². The van der Waals surface area contributed by atoms with Gasteiger partial charge in [0.1, 0.15) is 0 Å². The van der Waals surface area contributed by atoms with Crippen LogP contribution in [0.2, 0.25) is 0 Å². The van der Waals surface area contributed by atoms with Crippen molar-refractivity contribution in [2.75, 3.05) is 6.54 Å². The molecule has 0 bridgehead atoms. The highest BCUT2D eigenvalue weighted by Gasteiger charge is 2.19. The molecule has 1 fully saturated rings. The van der Waals surface area contributed by atoms with Crippen molar-refractivity contribution in [1.29, 1.82) is 0 Å². The molecule has 2 rings (SSSR count). The smallest absolute Gasteiger partial charge is 0.157 e. The Morgan fingerprint density at radius 3 is 3.12 bits per heavy atom. The lowest BCUT2D eigenvalue weighted by atomic mass is 10.2. The highest BCUT2D eigenvalue weighted by Crippen LogP contribution is 2.22. The summed E-state index contributed by atoms with van der Waals surface area (Å²) in [6, 6.07) is 0.551. The first-order valence-electron chi connectivity index (χ1n) is 5.60. The third kappa shape index (κ3) is 3.49. The number of amidine groups is 1. The van der Waals surface area contributed by atoms with Crippen LogP contribution in [0.1, 0.15) is 25.3 Å². The van der Waals surface area contributed by atoms with Crippen molar-refractivity contribution >= 4 is 28.3 Å². The molecule has 0 amide bonds. The summed E-state index contributed by atoms with van der Waals surface area (Å²) >= 11 is 3.55. The number of nitrogens with zero attached hydrogens (tertiary/aromatic N) is 2. The summed E-state index contributed by atoms with van der Waals surface area (Å²) in [7, 11) is 0. The van der Waals surface area contributed by atoms with Gasteiger partial charge in [0.05, 0.1) is 5.01 Å². The lowest BCUT2D eigenvalue weighted by Gasteiger charge is -2.26. The number of hydrogen-bond donors (Lipinski definition) is 1. The fourth-order valence-corrected chi connectivity index (χ4v) is 3.56. The van der Waals surface area contributed by atoms with E-state index in [4.69, 9.17) is 0 Å². The molecular formula is C11H17N3S2. The molecule has 2 unspecified atom stereocenters. The highest BCUT2D eigenvalue weighted by molar-refractivity contribution is 8.14. The van der Waals surface area contributed by atoms with Crippen LogP contribution in [0.4, 0.5) is 0 Å². The van der Waals surface area contributed by atoms with E-state index in [1.807, 2.05) is 23.3 Å². The van der Waals surface area contributed by atoms with Crippen molar-refractivity contribution in [2.24, 2.45) is 4.99 Å². The first-order chi connectivity index (χ1) is 7.74. The second kappa shape index (κ2) is 5.68. The number of nitrogens with one attached hydrogen (secondary N) is 1. The Morgan fingerprint density at radius 1 is 1.56 bits per heavy atom. The average Bonchev–Trinajstić information content (AvgIpc) is 2.69. The molecule has 3 nitrogen and oxygen atoms in total. The minimum Gasteiger partial charge on any atom is -0.362 e. The highest BCUT2D eigenvalue weighted by atomic mass is 32.2. The van der Waals surface area contributed by atoms with E-state index in [-0.39, 0.29) is 0 Å². The van der Waals surface area contributed by atoms with Gasteiger partial charge in [-0.05, 0) is 13.3 Å². The van der Waals surface area contributed by atoms with Gasteiger partial charge in [-0.15, -0.1) is 11.3 Å². The third-order valence-electron chi connectivity index (χ3n) is 2.43. The van der Waals surface area contributed by atoms with Gasteiger partial charge in [0.25, 0.3) is 0 Å². The molecular weight excluding hydrogens is 238 g/mol. The van der Waals surface area contributed by atoms with E-state index >= 15 is 0 Å². The Bertz CT molecular complexity index is 336. The predicted octanol–water partition coefficient (Wildman–Crippen LogP) is 2.55. The second-order valence-electron chi connectivity index (χ2n) is 4.07. The molecule has 1 aromatic rings. The molecule has 1 aliphatic heterocycles. The van der Waals surface area contributed by atoms with Gasteiger partial charge in [-0.2, -0.15) is 0 Å². The van der Waals surface area contributed by atoms with Crippen LogP contribution in [0, 0.1) is 0 Å². The van der Waals surface area contributed by atoms with Crippen molar-refractivity contribution in [3.05, 3.63) is 16.6 Å². The van der Waals surface area contributed by atoms with E-state index in [1.54, 1.807) is 11.3 Å². The van der Waals surface area contributed by atoms with Crippen LogP contribution >= 0.6 is 23.1 Å². The lowest BCUT2D eigenvalue weighted by Crippen LogP contribution is -2.38. The minimum absolute atomic E-state index is 0.551. The molecule has 5 heteroatoms. The quantitative estimate of drug-likeness (QED) is 0.902. The zero-order chi connectivity index (χ0) is 11.4. The molecule has 0 spiro atoms. The fourth-order valence-electron chi connectivity index (χ4n) is 1.75. The maximum atomic E-state index is 4.59. The van der Waals surface area contributed by atoms with Crippen molar-refractivity contribution in [2.45, 2.75) is 38.0 Å². The summed E-state index contributed by atoms with van der Waals surface area (Å²) in [5, 5.41) is 8.38. The van der Waals surface area contributed by atoms with Gasteiger partial charge in [-0.25, -0.2) is 4.98 Å². The number of thioether (sulfide) groups is 1. The maximum Gasteiger partial charge on any atom is 0.157 e. The Morgan fingerprint density at radius 2 is 2.44 bits per heavy atom. The van der Waals surface area contributed by atoms with Gasteiger partial charge in [0.2, 0.25) is 0 Å². The summed E-state index contributed by atoms with van der Waals surface area (Å²) in [4.78, 5) is 8.84. The van der Waals surface area contributed by atoms with E-state index in [2.05, 4.69) is 29.1 Å². The van der Waals surface area contributed by atoms with Crippen molar-refractivity contribution in [3.8, 4) is 0 Å². The molecule has 2 heterocycles. The van der Waals surface area contributed by atoms with Crippen LogP contribution in [0.15, 0.2) is 16.6 Å². The van der Waals surface area contributed by atoms with E-state index < -0.39 is 0 Å². The monoisotopic (exact) mass is 255 g/mol. The number of thiazole rings is 1. The van der Waals surface area contributed by atoms with Crippen molar-refractivity contribution < 1.29 is 0 Å². The molecule has 1 saturated heterocycles. The third-order valence-corrected chi connectivity index (χ3v) is 4.34. The minimum atomic E-state index is 0.551. The number of aromatic nitrogens is 1. The van der Waals surface area contributed by atoms with Gasteiger partial charge in [-0.3, -0.25) is 4.99 Å². The Labute approximate surface area is 105 Å². The molecule has 0 aliphatic carbocycles. The molecule has 1 N–H and O–H groups in total. The molecule has 1 aromatic heterocycles. The maximum absolute atomic E-state index is 4.59. The SMILES string of the molecule is CC1CC(C)SC(=NCCc2nccs2)N1. The first-order valence-corrected chi connectivity index (χ1v) is 7.36.